The van der Waals surface area contributed by atoms with E-state index in [1.54, 1.807) is 5.57 Å². The van der Waals surface area contributed by atoms with Gasteiger partial charge in [0.05, 0.1) is 11.4 Å². The van der Waals surface area contributed by atoms with Gasteiger partial charge in [-0.15, -0.1) is 0 Å². The number of carbonyl (C=O) groups excluding carboxylic acids is 1. The summed E-state index contributed by atoms with van der Waals surface area (Å²) < 4.78 is 0. The van der Waals surface area contributed by atoms with Crippen molar-refractivity contribution in [3.05, 3.63) is 64.9 Å². The molecule has 0 aromatic heterocycles. The molecule has 3 atom stereocenters. The van der Waals surface area contributed by atoms with E-state index in [1.165, 1.54) is 41.2 Å². The Labute approximate surface area is 179 Å². The minimum absolute atomic E-state index is 0.229. The Morgan fingerprint density at radius 2 is 1.90 bits per heavy atom. The summed E-state index contributed by atoms with van der Waals surface area (Å²) in [7, 11) is 0. The van der Waals surface area contributed by atoms with Crippen LogP contribution in [0, 0.1) is 16.7 Å². The maximum Gasteiger partial charge on any atom is 0.179 e. The number of hydrogen-bond donors (Lipinski definition) is 1. The number of nitrogens with one attached hydrogen (secondary N) is 1. The van der Waals surface area contributed by atoms with Gasteiger partial charge in [0.15, 0.2) is 5.78 Å². The topological polar surface area (TPSA) is 29.1 Å². The first-order chi connectivity index (χ1) is 14.4. The summed E-state index contributed by atoms with van der Waals surface area (Å²) in [5, 5.41) is 6.06. The van der Waals surface area contributed by atoms with Crippen LogP contribution in [0.5, 0.6) is 0 Å². The first-order valence-corrected chi connectivity index (χ1v) is 11.7. The molecule has 6 rings (SSSR count). The van der Waals surface area contributed by atoms with Crippen molar-refractivity contribution in [3.8, 4) is 0 Å². The summed E-state index contributed by atoms with van der Waals surface area (Å²) in [5.41, 5.74) is 7.01. The molecule has 2 fully saturated rings. The molecule has 1 heterocycles. The Morgan fingerprint density at radius 1 is 1.07 bits per heavy atom. The lowest BCUT2D eigenvalue weighted by Gasteiger charge is -2.38. The number of allylic oxidation sites excluding steroid dienone is 4. The summed E-state index contributed by atoms with van der Waals surface area (Å²) in [6, 6.07) is 13.1. The molecule has 0 unspecified atom stereocenters. The van der Waals surface area contributed by atoms with E-state index in [0.29, 0.717) is 17.3 Å². The van der Waals surface area contributed by atoms with E-state index in [2.05, 4.69) is 68.6 Å². The van der Waals surface area contributed by atoms with Crippen LogP contribution in [0.15, 0.2) is 59.3 Å². The third-order valence-electron chi connectivity index (χ3n) is 9.35. The predicted octanol–water partition coefficient (Wildman–Crippen LogP) is 7.13. The summed E-state index contributed by atoms with van der Waals surface area (Å²) in [4.78, 5) is 12.9. The number of anilines is 1. The number of hydrogen-bond acceptors (Lipinski definition) is 2. The Bertz CT molecular complexity index is 1150. The monoisotopic (exact) mass is 397 g/mol. The first-order valence-electron chi connectivity index (χ1n) is 11.7. The van der Waals surface area contributed by atoms with Crippen LogP contribution in [0.25, 0.3) is 10.8 Å². The maximum atomic E-state index is 12.9. The molecule has 2 saturated carbocycles. The largest absolute Gasteiger partial charge is 0.352 e. The van der Waals surface area contributed by atoms with Crippen molar-refractivity contribution in [2.24, 2.45) is 16.7 Å². The van der Waals surface area contributed by atoms with Crippen LogP contribution in [0.2, 0.25) is 0 Å². The summed E-state index contributed by atoms with van der Waals surface area (Å²) in [6.07, 6.45) is 9.15. The van der Waals surface area contributed by atoms with Gasteiger partial charge in [0.2, 0.25) is 0 Å². The van der Waals surface area contributed by atoms with Crippen LogP contribution < -0.4 is 5.32 Å². The van der Waals surface area contributed by atoms with Crippen LogP contribution in [-0.4, -0.2) is 5.78 Å². The third-order valence-corrected chi connectivity index (χ3v) is 9.35. The molecule has 1 aliphatic heterocycles. The molecule has 4 aliphatic rings. The molecule has 1 N–H and O–H groups in total. The molecule has 154 valence electrons. The normalized spacial score (nSPS) is 33.0. The first kappa shape index (κ1) is 18.4. The van der Waals surface area contributed by atoms with Gasteiger partial charge in [-0.05, 0) is 65.4 Å². The van der Waals surface area contributed by atoms with E-state index >= 15 is 0 Å². The molecule has 2 aromatic rings. The highest BCUT2D eigenvalue weighted by Crippen LogP contribution is 2.68. The van der Waals surface area contributed by atoms with Gasteiger partial charge in [-0.1, -0.05) is 68.8 Å². The van der Waals surface area contributed by atoms with Crippen molar-refractivity contribution in [1.29, 1.82) is 0 Å². The van der Waals surface area contributed by atoms with Crippen molar-refractivity contribution in [2.75, 3.05) is 5.32 Å². The summed E-state index contributed by atoms with van der Waals surface area (Å²) in [6.45, 7) is 7.45. The highest BCUT2D eigenvalue weighted by atomic mass is 16.1. The van der Waals surface area contributed by atoms with Gasteiger partial charge in [-0.3, -0.25) is 4.79 Å². The van der Waals surface area contributed by atoms with Crippen LogP contribution >= 0.6 is 0 Å². The fourth-order valence-corrected chi connectivity index (χ4v) is 6.99. The molecule has 30 heavy (non-hydrogen) atoms. The van der Waals surface area contributed by atoms with Crippen molar-refractivity contribution < 1.29 is 4.79 Å². The SMILES string of the molecule is CC1(C)[C@H]2CC[C@]1(C)C(=C[C@H]1C3=C(Nc4c1ccc1ccccc41)C(=O)CCC3)C2. The van der Waals surface area contributed by atoms with E-state index in [-0.39, 0.29) is 11.7 Å². The lowest BCUT2D eigenvalue weighted by molar-refractivity contribution is -0.115. The fourth-order valence-electron chi connectivity index (χ4n) is 6.99. The molecule has 2 aromatic carbocycles. The van der Waals surface area contributed by atoms with Gasteiger partial charge in [-0.25, -0.2) is 0 Å². The zero-order valence-electron chi connectivity index (χ0n) is 18.3. The second kappa shape index (κ2) is 6.09. The number of fused-ring (bicyclic) bond motifs is 5. The molecular formula is C28H31NO. The third kappa shape index (κ3) is 2.28. The van der Waals surface area contributed by atoms with E-state index in [9.17, 15) is 4.79 Å². The van der Waals surface area contributed by atoms with E-state index in [0.717, 1.165) is 30.1 Å². The number of ketones is 1. The van der Waals surface area contributed by atoms with Gasteiger partial charge in [0.25, 0.3) is 0 Å². The predicted molar refractivity (Wildman–Crippen MR) is 124 cm³/mol. The standard InChI is InChI=1S/C28H31NO/c1-27(2)18-13-14-28(27,3)19(15-18)16-23-21-9-6-10-24(30)26(21)29-25-20-8-5-4-7-17(20)11-12-22(23)25/h4-5,7-8,11-12,16,18,23,29H,6,9-10,13-15H2,1-3H3/t18-,23-,28+/m0/s1. The number of carbonyl (C=O) groups is 1. The molecule has 0 saturated heterocycles. The van der Waals surface area contributed by atoms with Gasteiger partial charge >= 0.3 is 0 Å². The average molecular weight is 398 g/mol. The highest BCUT2D eigenvalue weighted by Gasteiger charge is 2.58. The maximum absolute atomic E-state index is 12.9. The van der Waals surface area contributed by atoms with Crippen LogP contribution in [0.4, 0.5) is 5.69 Å². The average Bonchev–Trinajstić information content (AvgIpc) is 3.07. The Kier molecular flexibility index (Phi) is 3.74. The Hall–Kier alpha value is -2.35. The quantitative estimate of drug-likeness (QED) is 0.519. The minimum Gasteiger partial charge on any atom is -0.352 e. The molecule has 2 nitrogen and oxygen atoms in total. The van der Waals surface area contributed by atoms with Gasteiger partial charge in [0, 0.05) is 17.7 Å². The van der Waals surface area contributed by atoms with Crippen molar-refractivity contribution >= 4 is 22.2 Å². The second-order valence-corrected chi connectivity index (χ2v) is 10.7. The molecule has 0 radical (unpaired) electrons. The van der Waals surface area contributed by atoms with Gasteiger partial charge in [-0.2, -0.15) is 0 Å². The molecule has 2 bridgehead atoms. The zero-order chi connectivity index (χ0) is 20.7. The lowest BCUT2D eigenvalue weighted by atomic mass is 9.67. The number of Topliss-reactive ketones (excluding diaryl/α,β-unsaturated/α-hetero) is 1. The highest BCUT2D eigenvalue weighted by molar-refractivity contribution is 6.05. The zero-order valence-corrected chi connectivity index (χ0v) is 18.3. The van der Waals surface area contributed by atoms with Gasteiger partial charge in [0.1, 0.15) is 0 Å². The smallest absolute Gasteiger partial charge is 0.179 e. The van der Waals surface area contributed by atoms with Gasteiger partial charge < -0.3 is 5.32 Å². The number of rotatable bonds is 1. The number of benzene rings is 2. The van der Waals surface area contributed by atoms with Crippen molar-refractivity contribution in [1.82, 2.24) is 0 Å². The van der Waals surface area contributed by atoms with E-state index in [4.69, 9.17) is 0 Å². The van der Waals surface area contributed by atoms with Crippen LogP contribution in [0.1, 0.15) is 70.8 Å². The molecule has 0 spiro atoms. The Balaban J connectivity index is 1.56. The Morgan fingerprint density at radius 3 is 2.67 bits per heavy atom. The molecule has 0 amide bonds. The van der Waals surface area contributed by atoms with E-state index in [1.807, 2.05) is 0 Å². The second-order valence-electron chi connectivity index (χ2n) is 10.7. The van der Waals surface area contributed by atoms with E-state index < -0.39 is 0 Å². The fraction of sp³-hybridized carbons (Fsp3) is 0.464. The molecule has 2 heteroatoms. The summed E-state index contributed by atoms with van der Waals surface area (Å²) in [5.74, 6) is 1.32. The van der Waals surface area contributed by atoms with Crippen molar-refractivity contribution in [3.63, 3.8) is 0 Å². The molecule has 3 aliphatic carbocycles. The van der Waals surface area contributed by atoms with Crippen molar-refractivity contribution in [2.45, 2.75) is 65.2 Å². The van der Waals surface area contributed by atoms with Crippen LogP contribution in [-0.2, 0) is 4.79 Å². The summed E-state index contributed by atoms with van der Waals surface area (Å²) >= 11 is 0. The minimum atomic E-state index is 0.229. The van der Waals surface area contributed by atoms with Crippen LogP contribution in [0.3, 0.4) is 0 Å². The lowest BCUT2D eigenvalue weighted by Crippen LogP contribution is -2.29. The molecular weight excluding hydrogens is 366 g/mol.